The first-order valence-corrected chi connectivity index (χ1v) is 9.65. The molecule has 150 valence electrons. The summed E-state index contributed by atoms with van der Waals surface area (Å²) in [7, 11) is 0. The van der Waals surface area contributed by atoms with Crippen molar-refractivity contribution in [2.75, 3.05) is 10.6 Å². The molecule has 4 rings (SSSR count). The molecule has 0 spiro atoms. The van der Waals surface area contributed by atoms with E-state index in [4.69, 9.17) is 4.84 Å². The Morgan fingerprint density at radius 1 is 0.900 bits per heavy atom. The summed E-state index contributed by atoms with van der Waals surface area (Å²) in [6.07, 6.45) is 0.603. The number of nitrogens with zero attached hydrogens (tertiary/aromatic N) is 1. The molecule has 1 aliphatic rings. The molecule has 0 saturated heterocycles. The van der Waals surface area contributed by atoms with Crippen LogP contribution in [0.4, 0.5) is 11.4 Å². The van der Waals surface area contributed by atoms with Gasteiger partial charge in [-0.15, -0.1) is 0 Å². The molecule has 2 N–H and O–H groups in total. The molecule has 1 heterocycles. The molecular formula is C24H21N3O3. The van der Waals surface area contributed by atoms with Crippen LogP contribution in [0.2, 0.25) is 0 Å². The Morgan fingerprint density at radius 3 is 2.30 bits per heavy atom. The number of benzene rings is 3. The van der Waals surface area contributed by atoms with Gasteiger partial charge >= 0.3 is 0 Å². The van der Waals surface area contributed by atoms with Crippen LogP contribution >= 0.6 is 0 Å². The van der Waals surface area contributed by atoms with Crippen LogP contribution in [0.3, 0.4) is 0 Å². The number of carbonyl (C=O) groups excluding carboxylic acids is 2. The number of nitrogens with one attached hydrogen (secondary N) is 2. The van der Waals surface area contributed by atoms with E-state index in [-0.39, 0.29) is 17.9 Å². The molecule has 0 aliphatic carbocycles. The van der Waals surface area contributed by atoms with E-state index < -0.39 is 0 Å². The van der Waals surface area contributed by atoms with Crippen molar-refractivity contribution < 1.29 is 14.4 Å². The van der Waals surface area contributed by atoms with Crippen molar-refractivity contribution in [3.05, 3.63) is 95.6 Å². The number of anilines is 2. The molecule has 1 unspecified atom stereocenters. The van der Waals surface area contributed by atoms with Crippen molar-refractivity contribution in [3.8, 4) is 0 Å². The van der Waals surface area contributed by atoms with Gasteiger partial charge in [0.25, 0.3) is 5.91 Å². The summed E-state index contributed by atoms with van der Waals surface area (Å²) in [6, 6.07) is 24.3. The molecule has 0 bridgehead atoms. The number of hydrogen-bond donors (Lipinski definition) is 2. The summed E-state index contributed by atoms with van der Waals surface area (Å²) in [6.45, 7) is 1.44. The number of oxime groups is 1. The first-order valence-electron chi connectivity index (χ1n) is 9.65. The zero-order valence-corrected chi connectivity index (χ0v) is 16.5. The minimum Gasteiger partial charge on any atom is -0.387 e. The molecule has 0 saturated carbocycles. The summed E-state index contributed by atoms with van der Waals surface area (Å²) in [5.74, 6) is -0.393. The fourth-order valence-corrected chi connectivity index (χ4v) is 3.29. The highest BCUT2D eigenvalue weighted by Gasteiger charge is 2.23. The zero-order valence-electron chi connectivity index (χ0n) is 16.5. The highest BCUT2D eigenvalue weighted by Crippen LogP contribution is 2.29. The predicted molar refractivity (Wildman–Crippen MR) is 117 cm³/mol. The van der Waals surface area contributed by atoms with Crippen LogP contribution in [-0.2, 0) is 9.63 Å². The van der Waals surface area contributed by atoms with Gasteiger partial charge in [0.1, 0.15) is 0 Å². The number of amides is 2. The Morgan fingerprint density at radius 2 is 1.60 bits per heavy atom. The van der Waals surface area contributed by atoms with E-state index >= 15 is 0 Å². The van der Waals surface area contributed by atoms with Crippen molar-refractivity contribution >= 4 is 28.9 Å². The zero-order chi connectivity index (χ0) is 20.9. The van der Waals surface area contributed by atoms with Crippen LogP contribution < -0.4 is 10.6 Å². The van der Waals surface area contributed by atoms with E-state index in [2.05, 4.69) is 15.8 Å². The first kappa shape index (κ1) is 19.4. The van der Waals surface area contributed by atoms with Crippen LogP contribution in [0.15, 0.2) is 84.0 Å². The molecule has 6 nitrogen and oxygen atoms in total. The molecule has 3 aromatic carbocycles. The quantitative estimate of drug-likeness (QED) is 0.649. The lowest BCUT2D eigenvalue weighted by Gasteiger charge is -2.09. The third-order valence-corrected chi connectivity index (χ3v) is 4.76. The SMILES string of the molecule is CC(=O)Nc1cccc(NC(=O)c2ccc(C3=NOC(c4ccccc4)C3)cc2)c1. The van der Waals surface area contributed by atoms with E-state index in [0.717, 1.165) is 16.8 Å². The van der Waals surface area contributed by atoms with Gasteiger partial charge in [0.2, 0.25) is 5.91 Å². The van der Waals surface area contributed by atoms with Crippen LogP contribution in [0.25, 0.3) is 0 Å². The van der Waals surface area contributed by atoms with Gasteiger partial charge in [-0.25, -0.2) is 0 Å². The van der Waals surface area contributed by atoms with Gasteiger partial charge in [-0.05, 0) is 41.5 Å². The molecule has 1 atom stereocenters. The van der Waals surface area contributed by atoms with E-state index in [1.54, 1.807) is 36.4 Å². The normalized spacial score (nSPS) is 15.1. The Labute approximate surface area is 174 Å². The highest BCUT2D eigenvalue weighted by atomic mass is 16.6. The second-order valence-corrected chi connectivity index (χ2v) is 7.04. The lowest BCUT2D eigenvalue weighted by Crippen LogP contribution is -2.13. The molecule has 1 aliphatic heterocycles. The Bertz CT molecular complexity index is 1090. The summed E-state index contributed by atoms with van der Waals surface area (Å²) in [5, 5.41) is 9.76. The number of carbonyl (C=O) groups is 2. The summed E-state index contributed by atoms with van der Waals surface area (Å²) >= 11 is 0. The van der Waals surface area contributed by atoms with Gasteiger partial charge in [0.05, 0.1) is 5.71 Å². The molecule has 0 radical (unpaired) electrons. The average molecular weight is 399 g/mol. The van der Waals surface area contributed by atoms with Crippen LogP contribution in [0, 0.1) is 0 Å². The average Bonchev–Trinajstić information content (AvgIpc) is 3.25. The van der Waals surface area contributed by atoms with Crippen molar-refractivity contribution in [2.45, 2.75) is 19.4 Å². The van der Waals surface area contributed by atoms with Gasteiger partial charge in [0, 0.05) is 30.3 Å². The fraction of sp³-hybridized carbons (Fsp3) is 0.125. The van der Waals surface area contributed by atoms with Gasteiger partial charge in [-0.3, -0.25) is 9.59 Å². The van der Waals surface area contributed by atoms with Crippen molar-refractivity contribution in [1.82, 2.24) is 0 Å². The van der Waals surface area contributed by atoms with Crippen molar-refractivity contribution in [1.29, 1.82) is 0 Å². The minimum absolute atomic E-state index is 0.0833. The van der Waals surface area contributed by atoms with E-state index in [1.807, 2.05) is 42.5 Å². The molecule has 3 aromatic rings. The van der Waals surface area contributed by atoms with E-state index in [9.17, 15) is 9.59 Å². The van der Waals surface area contributed by atoms with Gasteiger partial charge in [0.15, 0.2) is 6.10 Å². The smallest absolute Gasteiger partial charge is 0.255 e. The third kappa shape index (κ3) is 4.55. The highest BCUT2D eigenvalue weighted by molar-refractivity contribution is 6.06. The van der Waals surface area contributed by atoms with Gasteiger partial charge in [-0.2, -0.15) is 0 Å². The van der Waals surface area contributed by atoms with Crippen LogP contribution in [0.5, 0.6) is 0 Å². The summed E-state index contributed by atoms with van der Waals surface area (Å²) in [4.78, 5) is 29.3. The summed E-state index contributed by atoms with van der Waals surface area (Å²) < 4.78 is 0. The second kappa shape index (κ2) is 8.61. The molecular weight excluding hydrogens is 378 g/mol. The predicted octanol–water partition coefficient (Wildman–Crippen LogP) is 4.76. The third-order valence-electron chi connectivity index (χ3n) is 4.76. The number of rotatable bonds is 5. The second-order valence-electron chi connectivity index (χ2n) is 7.04. The Hall–Kier alpha value is -3.93. The fourth-order valence-electron chi connectivity index (χ4n) is 3.29. The lowest BCUT2D eigenvalue weighted by atomic mass is 9.99. The Kier molecular flexibility index (Phi) is 5.57. The largest absolute Gasteiger partial charge is 0.387 e. The standard InChI is InChI=1S/C24H21N3O3/c1-16(28)25-20-8-5-9-21(14-20)26-24(29)19-12-10-17(11-13-19)22-15-23(30-27-22)18-6-3-2-4-7-18/h2-14,23H,15H2,1H3,(H,25,28)(H,26,29). The van der Waals surface area contributed by atoms with Crippen molar-refractivity contribution in [3.63, 3.8) is 0 Å². The molecule has 0 aromatic heterocycles. The molecule has 6 heteroatoms. The maximum Gasteiger partial charge on any atom is 0.255 e. The van der Waals surface area contributed by atoms with Gasteiger partial charge < -0.3 is 15.5 Å². The minimum atomic E-state index is -0.228. The maximum absolute atomic E-state index is 12.6. The van der Waals surface area contributed by atoms with Crippen molar-refractivity contribution in [2.24, 2.45) is 5.16 Å². The Balaban J connectivity index is 1.40. The van der Waals surface area contributed by atoms with E-state index in [0.29, 0.717) is 23.4 Å². The summed E-state index contributed by atoms with van der Waals surface area (Å²) in [5.41, 5.74) is 4.64. The first-order chi connectivity index (χ1) is 14.6. The molecule has 30 heavy (non-hydrogen) atoms. The van der Waals surface area contributed by atoms with Gasteiger partial charge in [-0.1, -0.05) is 53.7 Å². The van der Waals surface area contributed by atoms with E-state index in [1.165, 1.54) is 6.92 Å². The number of hydrogen-bond acceptors (Lipinski definition) is 4. The van der Waals surface area contributed by atoms with Crippen LogP contribution in [0.1, 0.15) is 40.9 Å². The monoisotopic (exact) mass is 399 g/mol. The van der Waals surface area contributed by atoms with Crippen LogP contribution in [-0.4, -0.2) is 17.5 Å². The topological polar surface area (TPSA) is 79.8 Å². The molecule has 2 amide bonds. The maximum atomic E-state index is 12.6. The molecule has 0 fully saturated rings. The lowest BCUT2D eigenvalue weighted by molar-refractivity contribution is -0.114.